The van der Waals surface area contributed by atoms with Crippen molar-refractivity contribution in [3.05, 3.63) is 134 Å². The van der Waals surface area contributed by atoms with Crippen molar-refractivity contribution in [1.29, 1.82) is 0 Å². The van der Waals surface area contributed by atoms with Crippen LogP contribution in [0.15, 0.2) is 134 Å². The summed E-state index contributed by atoms with van der Waals surface area (Å²) < 4.78 is 16.7. The lowest BCUT2D eigenvalue weighted by molar-refractivity contribution is -0.166. The van der Waals surface area contributed by atoms with E-state index in [1.54, 1.807) is 0 Å². The predicted molar refractivity (Wildman–Crippen MR) is 288 cm³/mol. The van der Waals surface area contributed by atoms with Crippen molar-refractivity contribution in [3.8, 4) is 0 Å². The van der Waals surface area contributed by atoms with Gasteiger partial charge in [0.15, 0.2) is 6.10 Å². The van der Waals surface area contributed by atoms with E-state index in [0.29, 0.717) is 19.3 Å². The lowest BCUT2D eigenvalue weighted by Gasteiger charge is -2.18. The molecule has 0 aromatic heterocycles. The van der Waals surface area contributed by atoms with Gasteiger partial charge in [0.1, 0.15) is 13.2 Å². The summed E-state index contributed by atoms with van der Waals surface area (Å²) in [6.45, 7) is 6.26. The molecule has 0 saturated heterocycles. The molecule has 376 valence electrons. The van der Waals surface area contributed by atoms with E-state index in [9.17, 15) is 14.4 Å². The average molecular weight is 925 g/mol. The molecule has 1 atom stereocenters. The minimum Gasteiger partial charge on any atom is -0.462 e. The van der Waals surface area contributed by atoms with Crippen LogP contribution in [-0.2, 0) is 28.6 Å². The Kier molecular flexibility index (Phi) is 50.6. The van der Waals surface area contributed by atoms with Gasteiger partial charge in [-0.3, -0.25) is 14.4 Å². The molecule has 0 aromatic rings. The maximum absolute atomic E-state index is 12.8. The molecule has 0 aliphatic heterocycles. The van der Waals surface area contributed by atoms with Gasteiger partial charge in [-0.1, -0.05) is 231 Å². The Hall–Kier alpha value is -4.45. The van der Waals surface area contributed by atoms with Crippen molar-refractivity contribution in [2.24, 2.45) is 0 Å². The fourth-order valence-corrected chi connectivity index (χ4v) is 6.80. The predicted octanol–water partition coefficient (Wildman–Crippen LogP) is 17.9. The second-order valence-corrected chi connectivity index (χ2v) is 17.1. The Morgan fingerprint density at radius 1 is 0.328 bits per heavy atom. The summed E-state index contributed by atoms with van der Waals surface area (Å²) in [5, 5.41) is 0. The van der Waals surface area contributed by atoms with Crippen LogP contribution in [0, 0.1) is 0 Å². The number of ether oxygens (including phenoxy) is 3. The summed E-state index contributed by atoms with van der Waals surface area (Å²) in [5.41, 5.74) is 0. The van der Waals surface area contributed by atoms with Crippen LogP contribution in [0.3, 0.4) is 0 Å². The number of hydrogen-bond donors (Lipinski definition) is 0. The number of esters is 3. The van der Waals surface area contributed by atoms with Crippen molar-refractivity contribution >= 4 is 17.9 Å². The van der Waals surface area contributed by atoms with Crippen LogP contribution < -0.4 is 0 Å². The number of carbonyl (C=O) groups is 3. The molecule has 0 aromatic carbocycles. The molecule has 0 aliphatic rings. The van der Waals surface area contributed by atoms with Crippen molar-refractivity contribution in [2.75, 3.05) is 13.2 Å². The van der Waals surface area contributed by atoms with Crippen molar-refractivity contribution in [1.82, 2.24) is 0 Å². The first kappa shape index (κ1) is 62.5. The Labute approximate surface area is 411 Å². The molecule has 0 fully saturated rings. The second-order valence-electron chi connectivity index (χ2n) is 17.1. The van der Waals surface area contributed by atoms with Gasteiger partial charge in [0, 0.05) is 19.3 Å². The molecule has 0 rings (SSSR count). The van der Waals surface area contributed by atoms with Gasteiger partial charge in [-0.2, -0.15) is 0 Å². The Morgan fingerprint density at radius 2 is 0.687 bits per heavy atom. The minimum atomic E-state index is -0.843. The quantitative estimate of drug-likeness (QED) is 0.0199. The van der Waals surface area contributed by atoms with Crippen LogP contribution in [0.25, 0.3) is 0 Å². The monoisotopic (exact) mass is 925 g/mol. The van der Waals surface area contributed by atoms with E-state index in [2.05, 4.69) is 93.7 Å². The van der Waals surface area contributed by atoms with Crippen molar-refractivity contribution in [2.45, 2.75) is 219 Å². The summed E-state index contributed by atoms with van der Waals surface area (Å²) >= 11 is 0. The SMILES string of the molecule is CC\C=C/C=C\C=C/C=C\C=C/CCCCCC(=O)OCC(COC(=O)CCCCCCC/C=C\CCCCCCCCCCC)OC(=O)CC/C=C\C/C=C\C/C=C\C/C=C\C/C=C\CC. The lowest BCUT2D eigenvalue weighted by Crippen LogP contribution is -2.30. The zero-order valence-corrected chi connectivity index (χ0v) is 42.9. The van der Waals surface area contributed by atoms with Gasteiger partial charge >= 0.3 is 17.9 Å². The normalized spacial score (nSPS) is 13.2. The molecule has 0 saturated carbocycles. The van der Waals surface area contributed by atoms with Crippen molar-refractivity contribution < 1.29 is 28.6 Å². The number of rotatable bonds is 46. The van der Waals surface area contributed by atoms with Crippen LogP contribution in [-0.4, -0.2) is 37.2 Å². The molecule has 0 amide bonds. The molecule has 0 aliphatic carbocycles. The highest BCUT2D eigenvalue weighted by molar-refractivity contribution is 5.71. The molecule has 6 nitrogen and oxygen atoms in total. The Bertz CT molecular complexity index is 1480. The fourth-order valence-electron chi connectivity index (χ4n) is 6.80. The molecule has 1 unspecified atom stereocenters. The van der Waals surface area contributed by atoms with Gasteiger partial charge in [0.2, 0.25) is 0 Å². The van der Waals surface area contributed by atoms with Crippen LogP contribution >= 0.6 is 0 Å². The molecule has 0 N–H and O–H groups in total. The van der Waals surface area contributed by atoms with Gasteiger partial charge in [-0.15, -0.1) is 0 Å². The zero-order chi connectivity index (χ0) is 48.6. The van der Waals surface area contributed by atoms with E-state index in [0.717, 1.165) is 89.9 Å². The van der Waals surface area contributed by atoms with Crippen LogP contribution in [0.4, 0.5) is 0 Å². The third-order valence-electron chi connectivity index (χ3n) is 10.8. The second kappa shape index (κ2) is 54.2. The smallest absolute Gasteiger partial charge is 0.306 e. The molecule has 0 heterocycles. The summed E-state index contributed by atoms with van der Waals surface area (Å²) in [6.07, 6.45) is 75.9. The summed E-state index contributed by atoms with van der Waals surface area (Å²) in [4.78, 5) is 38.0. The van der Waals surface area contributed by atoms with Crippen LogP contribution in [0.5, 0.6) is 0 Å². The van der Waals surface area contributed by atoms with Gasteiger partial charge < -0.3 is 14.2 Å². The summed E-state index contributed by atoms with van der Waals surface area (Å²) in [7, 11) is 0. The minimum absolute atomic E-state index is 0.130. The van der Waals surface area contributed by atoms with Crippen LogP contribution in [0.1, 0.15) is 213 Å². The third-order valence-corrected chi connectivity index (χ3v) is 10.8. The molecule has 6 heteroatoms. The van der Waals surface area contributed by atoms with E-state index < -0.39 is 12.1 Å². The molecule has 67 heavy (non-hydrogen) atoms. The molecule has 0 spiro atoms. The van der Waals surface area contributed by atoms with Crippen LogP contribution in [0.2, 0.25) is 0 Å². The highest BCUT2D eigenvalue weighted by Gasteiger charge is 2.19. The maximum Gasteiger partial charge on any atom is 0.306 e. The first-order valence-corrected chi connectivity index (χ1v) is 26.8. The topological polar surface area (TPSA) is 78.9 Å². The lowest BCUT2D eigenvalue weighted by atomic mass is 10.1. The maximum atomic E-state index is 12.8. The molecule has 0 bridgehead atoms. The van der Waals surface area contributed by atoms with E-state index >= 15 is 0 Å². The Morgan fingerprint density at radius 3 is 1.16 bits per heavy atom. The largest absolute Gasteiger partial charge is 0.462 e. The summed E-state index contributed by atoms with van der Waals surface area (Å²) in [6, 6.07) is 0. The molecular weight excluding hydrogens is 829 g/mol. The third kappa shape index (κ3) is 52.4. The number of carbonyl (C=O) groups excluding carboxylic acids is 3. The van der Waals surface area contributed by atoms with E-state index in [-0.39, 0.29) is 38.0 Å². The van der Waals surface area contributed by atoms with E-state index in [1.165, 1.54) is 70.6 Å². The van der Waals surface area contributed by atoms with E-state index in [4.69, 9.17) is 14.2 Å². The Balaban J connectivity index is 4.58. The number of allylic oxidation sites excluding steroid dienone is 22. The van der Waals surface area contributed by atoms with Crippen molar-refractivity contribution in [3.63, 3.8) is 0 Å². The summed E-state index contributed by atoms with van der Waals surface area (Å²) in [5.74, 6) is -1.07. The van der Waals surface area contributed by atoms with Gasteiger partial charge in [-0.05, 0) is 96.3 Å². The number of unbranched alkanes of at least 4 members (excludes halogenated alkanes) is 17. The highest BCUT2D eigenvalue weighted by Crippen LogP contribution is 2.13. The molecular formula is C61H96O6. The number of hydrogen-bond acceptors (Lipinski definition) is 6. The zero-order valence-electron chi connectivity index (χ0n) is 42.9. The fraction of sp³-hybridized carbons (Fsp3) is 0.590. The average Bonchev–Trinajstić information content (AvgIpc) is 3.33. The van der Waals surface area contributed by atoms with Gasteiger partial charge in [-0.25, -0.2) is 0 Å². The standard InChI is InChI=1S/C61H96O6/c1-4-7-10-13-16-19-22-25-28-30-31-34-36-39-42-45-48-51-54-60(63)66-57-58(56-65-59(62)53-50-47-44-41-38-35-32-27-24-21-18-15-12-9-6-3)67-61(64)55-52-49-46-43-40-37-33-29-26-23-20-17-14-11-8-5-2/h8-9,11-12,15,17-18,20-21,24,26-27,29,31-32,34-35,37-38,40,46,49,58H,4-7,10,13-14,16,19,22-23,25,28,30,33,36,39,41-45,47-48,50-57H2,1-3H3/b11-8-,12-9-,18-15-,20-17-,24-21-,29-26-,32-27-,34-31-,38-35-,40-37-,49-46-. The van der Waals surface area contributed by atoms with E-state index in [1.807, 2.05) is 60.8 Å². The van der Waals surface area contributed by atoms with Gasteiger partial charge in [0.25, 0.3) is 0 Å². The van der Waals surface area contributed by atoms with Gasteiger partial charge in [0.05, 0.1) is 0 Å². The first-order valence-electron chi connectivity index (χ1n) is 26.8. The molecule has 0 radical (unpaired) electrons. The first-order chi connectivity index (χ1) is 33.0. The highest BCUT2D eigenvalue weighted by atomic mass is 16.6.